The summed E-state index contributed by atoms with van der Waals surface area (Å²) in [6.07, 6.45) is 3.66. The van der Waals surface area contributed by atoms with Crippen molar-refractivity contribution < 1.29 is 4.79 Å². The number of aromatic nitrogens is 4. The molecule has 0 saturated heterocycles. The number of hydrogen-bond donors (Lipinski definition) is 2. The normalized spacial score (nSPS) is 10.4. The molecule has 7 nitrogen and oxygen atoms in total. The Balaban J connectivity index is 1.61. The monoisotopic (exact) mass is 314 g/mol. The van der Waals surface area contributed by atoms with Crippen molar-refractivity contribution in [1.29, 1.82) is 0 Å². The van der Waals surface area contributed by atoms with Crippen molar-refractivity contribution in [2.45, 2.75) is 13.1 Å². The molecule has 3 rings (SSSR count). The molecular formula is C14H14N6OS. The first kappa shape index (κ1) is 14.2. The third kappa shape index (κ3) is 3.67. The summed E-state index contributed by atoms with van der Waals surface area (Å²) in [5, 5.41) is 17.6. The number of hydrogen-bond acceptors (Lipinski definition) is 5. The Hall–Kier alpha value is -2.74. The Kier molecular flexibility index (Phi) is 4.40. The van der Waals surface area contributed by atoms with E-state index in [1.54, 1.807) is 11.7 Å². The van der Waals surface area contributed by atoms with Gasteiger partial charge in [0.1, 0.15) is 5.51 Å². The Morgan fingerprint density at radius 3 is 2.82 bits per heavy atom. The van der Waals surface area contributed by atoms with E-state index in [4.69, 9.17) is 0 Å². The van der Waals surface area contributed by atoms with E-state index < -0.39 is 0 Å². The number of rotatable bonds is 5. The molecule has 0 unspecified atom stereocenters. The Morgan fingerprint density at radius 2 is 2.09 bits per heavy atom. The summed E-state index contributed by atoms with van der Waals surface area (Å²) >= 11 is 1.27. The molecule has 112 valence electrons. The van der Waals surface area contributed by atoms with Crippen LogP contribution in [0, 0.1) is 0 Å². The Labute approximate surface area is 131 Å². The predicted molar refractivity (Wildman–Crippen MR) is 83.5 cm³/mol. The molecule has 0 spiro atoms. The molecule has 0 atom stereocenters. The molecule has 0 aliphatic rings. The van der Waals surface area contributed by atoms with E-state index in [2.05, 4.69) is 25.9 Å². The standard InChI is InChI=1S/C14H14N6OS/c21-13(18-14-19-16-10-22-14)15-8-11-4-1-2-5-12(11)9-20-7-3-6-17-20/h1-7,10H,8-9H2,(H2,15,18,19,21). The lowest BCUT2D eigenvalue weighted by Gasteiger charge is -2.11. The largest absolute Gasteiger partial charge is 0.334 e. The maximum Gasteiger partial charge on any atom is 0.321 e. The van der Waals surface area contributed by atoms with Gasteiger partial charge in [0.2, 0.25) is 5.13 Å². The fourth-order valence-corrected chi connectivity index (χ4v) is 2.44. The highest BCUT2D eigenvalue weighted by Gasteiger charge is 2.07. The quantitative estimate of drug-likeness (QED) is 0.755. The van der Waals surface area contributed by atoms with Gasteiger partial charge in [0, 0.05) is 18.9 Å². The third-order valence-corrected chi connectivity index (χ3v) is 3.64. The van der Waals surface area contributed by atoms with E-state index in [1.165, 1.54) is 11.3 Å². The zero-order valence-corrected chi connectivity index (χ0v) is 12.5. The van der Waals surface area contributed by atoms with Crippen molar-refractivity contribution in [1.82, 2.24) is 25.3 Å². The van der Waals surface area contributed by atoms with Gasteiger partial charge in [-0.1, -0.05) is 35.6 Å². The van der Waals surface area contributed by atoms with Crippen LogP contribution in [-0.2, 0) is 13.1 Å². The average Bonchev–Trinajstić information content (AvgIpc) is 3.20. The van der Waals surface area contributed by atoms with Crippen LogP contribution >= 0.6 is 11.3 Å². The molecular weight excluding hydrogens is 300 g/mol. The predicted octanol–water partition coefficient (Wildman–Crippen LogP) is 2.10. The van der Waals surface area contributed by atoms with E-state index in [-0.39, 0.29) is 6.03 Å². The van der Waals surface area contributed by atoms with Crippen molar-refractivity contribution in [2.24, 2.45) is 0 Å². The van der Waals surface area contributed by atoms with E-state index in [0.717, 1.165) is 11.1 Å². The first-order valence-corrected chi connectivity index (χ1v) is 7.54. The van der Waals surface area contributed by atoms with Crippen LogP contribution < -0.4 is 10.6 Å². The summed E-state index contributed by atoms with van der Waals surface area (Å²) in [6, 6.07) is 9.53. The van der Waals surface area contributed by atoms with E-state index in [9.17, 15) is 4.79 Å². The Morgan fingerprint density at radius 1 is 1.23 bits per heavy atom. The summed E-state index contributed by atoms with van der Waals surface area (Å²) < 4.78 is 1.85. The van der Waals surface area contributed by atoms with Gasteiger partial charge in [-0.3, -0.25) is 10.00 Å². The van der Waals surface area contributed by atoms with Gasteiger partial charge in [0.25, 0.3) is 0 Å². The van der Waals surface area contributed by atoms with E-state index >= 15 is 0 Å². The smallest absolute Gasteiger partial charge is 0.321 e. The highest BCUT2D eigenvalue weighted by Crippen LogP contribution is 2.11. The van der Waals surface area contributed by atoms with Gasteiger partial charge in [-0.2, -0.15) is 5.10 Å². The van der Waals surface area contributed by atoms with Gasteiger partial charge < -0.3 is 5.32 Å². The lowest BCUT2D eigenvalue weighted by atomic mass is 10.1. The molecule has 0 aliphatic carbocycles. The van der Waals surface area contributed by atoms with Crippen molar-refractivity contribution in [3.05, 3.63) is 59.4 Å². The zero-order chi connectivity index (χ0) is 15.2. The first-order valence-electron chi connectivity index (χ1n) is 6.66. The number of amides is 2. The minimum Gasteiger partial charge on any atom is -0.334 e. The van der Waals surface area contributed by atoms with Gasteiger partial charge in [0.05, 0.1) is 6.54 Å². The van der Waals surface area contributed by atoms with Crippen LogP contribution in [0.2, 0.25) is 0 Å². The Bertz CT molecular complexity index is 726. The maximum atomic E-state index is 11.8. The second-order valence-corrected chi connectivity index (χ2v) is 5.36. The second-order valence-electron chi connectivity index (χ2n) is 4.52. The van der Waals surface area contributed by atoms with E-state index in [0.29, 0.717) is 18.2 Å². The molecule has 2 amide bonds. The molecule has 22 heavy (non-hydrogen) atoms. The summed E-state index contributed by atoms with van der Waals surface area (Å²) in [4.78, 5) is 11.8. The second kappa shape index (κ2) is 6.81. The first-order chi connectivity index (χ1) is 10.8. The fourth-order valence-electron chi connectivity index (χ4n) is 2.00. The van der Waals surface area contributed by atoms with Crippen LogP contribution in [0.25, 0.3) is 0 Å². The lowest BCUT2D eigenvalue weighted by Crippen LogP contribution is -2.28. The van der Waals surface area contributed by atoms with Crippen LogP contribution in [0.4, 0.5) is 9.93 Å². The van der Waals surface area contributed by atoms with Crippen LogP contribution in [0.1, 0.15) is 11.1 Å². The number of benzene rings is 1. The van der Waals surface area contributed by atoms with Gasteiger partial charge in [-0.25, -0.2) is 4.79 Å². The summed E-state index contributed by atoms with van der Waals surface area (Å²) in [5.74, 6) is 0. The third-order valence-electron chi connectivity index (χ3n) is 3.03. The molecule has 2 N–H and O–H groups in total. The molecule has 0 saturated carbocycles. The molecule has 0 radical (unpaired) electrons. The number of anilines is 1. The molecule has 0 aliphatic heterocycles. The average molecular weight is 314 g/mol. The maximum absolute atomic E-state index is 11.8. The number of nitrogens with one attached hydrogen (secondary N) is 2. The number of carbonyl (C=O) groups excluding carboxylic acids is 1. The summed E-state index contributed by atoms with van der Waals surface area (Å²) in [5.41, 5.74) is 3.72. The lowest BCUT2D eigenvalue weighted by molar-refractivity contribution is 0.251. The van der Waals surface area contributed by atoms with Gasteiger partial charge in [-0.15, -0.1) is 10.2 Å². The molecule has 0 fully saturated rings. The molecule has 2 aromatic heterocycles. The van der Waals surface area contributed by atoms with Gasteiger partial charge in [-0.05, 0) is 17.2 Å². The van der Waals surface area contributed by atoms with E-state index in [1.807, 2.05) is 41.2 Å². The number of carbonyl (C=O) groups is 1. The summed E-state index contributed by atoms with van der Waals surface area (Å²) in [6.45, 7) is 1.10. The van der Waals surface area contributed by atoms with Crippen LogP contribution in [0.5, 0.6) is 0 Å². The number of urea groups is 1. The van der Waals surface area contributed by atoms with Crippen molar-refractivity contribution in [3.63, 3.8) is 0 Å². The molecule has 1 aromatic carbocycles. The fraction of sp³-hybridized carbons (Fsp3) is 0.143. The van der Waals surface area contributed by atoms with Gasteiger partial charge >= 0.3 is 6.03 Å². The molecule has 2 heterocycles. The van der Waals surface area contributed by atoms with Crippen molar-refractivity contribution >= 4 is 22.5 Å². The SMILES string of the molecule is O=C(NCc1ccccc1Cn1cccn1)Nc1nncs1. The van der Waals surface area contributed by atoms with Gasteiger partial charge in [0.15, 0.2) is 0 Å². The highest BCUT2D eigenvalue weighted by atomic mass is 32.1. The minimum absolute atomic E-state index is 0.300. The van der Waals surface area contributed by atoms with Crippen LogP contribution in [0.3, 0.4) is 0 Å². The van der Waals surface area contributed by atoms with Crippen LogP contribution in [0.15, 0.2) is 48.2 Å². The topological polar surface area (TPSA) is 84.7 Å². The van der Waals surface area contributed by atoms with Crippen LogP contribution in [-0.4, -0.2) is 26.0 Å². The van der Waals surface area contributed by atoms with Crippen molar-refractivity contribution in [3.8, 4) is 0 Å². The minimum atomic E-state index is -0.300. The highest BCUT2D eigenvalue weighted by molar-refractivity contribution is 7.13. The summed E-state index contributed by atoms with van der Waals surface area (Å²) in [7, 11) is 0. The molecule has 3 aromatic rings. The molecule has 8 heteroatoms. The molecule has 0 bridgehead atoms. The number of nitrogens with zero attached hydrogens (tertiary/aromatic N) is 4. The van der Waals surface area contributed by atoms with Crippen molar-refractivity contribution in [2.75, 3.05) is 5.32 Å². The zero-order valence-electron chi connectivity index (χ0n) is 11.6.